The van der Waals surface area contributed by atoms with Gasteiger partial charge in [0.25, 0.3) is 0 Å². The van der Waals surface area contributed by atoms with Crippen molar-refractivity contribution in [2.24, 2.45) is 17.1 Å². The Morgan fingerprint density at radius 3 is 2.49 bits per heavy atom. The molecule has 0 radical (unpaired) electrons. The number of nitrogens with zero attached hydrogens (tertiary/aromatic N) is 2. The third-order valence-corrected chi connectivity index (χ3v) is 7.56. The predicted molar refractivity (Wildman–Crippen MR) is 138 cm³/mol. The van der Waals surface area contributed by atoms with E-state index < -0.39 is 41.8 Å². The van der Waals surface area contributed by atoms with Gasteiger partial charge in [0.05, 0.1) is 28.6 Å². The summed E-state index contributed by atoms with van der Waals surface area (Å²) in [4.78, 5) is 55.6. The van der Waals surface area contributed by atoms with Crippen LogP contribution < -0.4 is 11.1 Å². The van der Waals surface area contributed by atoms with Crippen LogP contribution in [0.5, 0.6) is 0 Å². The molecule has 3 rings (SSSR count). The van der Waals surface area contributed by atoms with Gasteiger partial charge in [0, 0.05) is 31.8 Å². The molecule has 1 unspecified atom stereocenters. The number of rotatable bonds is 11. The normalized spacial score (nSPS) is 18.4. The second-order valence-corrected chi connectivity index (χ2v) is 11.2. The summed E-state index contributed by atoms with van der Waals surface area (Å²) in [6, 6.07) is 6.99. The molecule has 200 valence electrons. The van der Waals surface area contributed by atoms with E-state index in [9.17, 15) is 24.3 Å². The number of carboxylic acid groups (broad SMARTS) is 1. The van der Waals surface area contributed by atoms with E-state index in [1.807, 2.05) is 31.2 Å². The minimum absolute atomic E-state index is 0.0225. The van der Waals surface area contributed by atoms with Crippen LogP contribution >= 0.6 is 11.3 Å². The molecule has 2 aromatic rings. The van der Waals surface area contributed by atoms with Crippen molar-refractivity contribution in [1.82, 2.24) is 15.2 Å². The van der Waals surface area contributed by atoms with Crippen LogP contribution in [0.1, 0.15) is 50.8 Å². The van der Waals surface area contributed by atoms with E-state index in [4.69, 9.17) is 10.8 Å². The summed E-state index contributed by atoms with van der Waals surface area (Å²) < 4.78 is 0. The highest BCUT2D eigenvalue weighted by Gasteiger charge is 2.40. The molecule has 3 atom stereocenters. The van der Waals surface area contributed by atoms with Crippen LogP contribution in [0.3, 0.4) is 0 Å². The maximum atomic E-state index is 13.1. The quantitative estimate of drug-likeness (QED) is 0.345. The molecule has 1 fully saturated rings. The molecule has 11 heteroatoms. The van der Waals surface area contributed by atoms with Gasteiger partial charge in [0.2, 0.25) is 17.7 Å². The molecule has 2 heterocycles. The average molecular weight is 531 g/mol. The Morgan fingerprint density at radius 1 is 1.24 bits per heavy atom. The van der Waals surface area contributed by atoms with Crippen molar-refractivity contribution in [3.8, 4) is 10.4 Å². The van der Waals surface area contributed by atoms with Gasteiger partial charge in [-0.2, -0.15) is 0 Å². The van der Waals surface area contributed by atoms with Gasteiger partial charge in [0.1, 0.15) is 6.04 Å². The number of benzene rings is 1. The lowest BCUT2D eigenvalue weighted by molar-refractivity contribution is -0.142. The number of hydrogen-bond donors (Lipinski definition) is 4. The molecule has 0 spiro atoms. The Bertz CT molecular complexity index is 1150. The molecule has 10 nitrogen and oxygen atoms in total. The summed E-state index contributed by atoms with van der Waals surface area (Å²) in [6.45, 7) is 5.76. The third-order valence-electron chi connectivity index (χ3n) is 6.58. The molecule has 0 bridgehead atoms. The molecule has 0 saturated carbocycles. The number of aromatic nitrogens is 1. The minimum Gasteiger partial charge on any atom is -0.481 e. The number of aliphatic carboxylic acids is 1. The van der Waals surface area contributed by atoms with Crippen LogP contribution in [0.2, 0.25) is 0 Å². The lowest BCUT2D eigenvalue weighted by Crippen LogP contribution is -2.46. The number of thiazole rings is 1. The minimum atomic E-state index is -1.14. The number of likely N-dealkylation sites (tertiary alicyclic amines) is 1. The Balaban J connectivity index is 1.60. The first kappa shape index (κ1) is 28.3. The van der Waals surface area contributed by atoms with Crippen LogP contribution in [0.25, 0.3) is 10.4 Å². The molecule has 1 aliphatic heterocycles. The lowest BCUT2D eigenvalue weighted by Gasteiger charge is -2.31. The largest absolute Gasteiger partial charge is 0.481 e. The van der Waals surface area contributed by atoms with E-state index in [0.29, 0.717) is 0 Å². The molecular formula is C26H34N4O6S. The van der Waals surface area contributed by atoms with E-state index in [-0.39, 0.29) is 44.2 Å². The second-order valence-electron chi connectivity index (χ2n) is 10.4. The standard InChI is InChI=1S/C26H34N4O6S/c1-15-23(37-14-29-15)17-6-4-16(5-7-17)12-28-25(36)20-9-19(31)13-30(20)21(32)11-26(2,3)10-18(24(27)35)8-22(33)34/h4-7,14,18-20,31H,8-13H2,1-3H3,(H2,27,35)(H,28,36)(H,33,34)/t18?,19-,20+/m1/s1. The highest BCUT2D eigenvalue weighted by Crippen LogP contribution is 2.33. The summed E-state index contributed by atoms with van der Waals surface area (Å²) in [7, 11) is 0. The van der Waals surface area contributed by atoms with Crippen LogP contribution in [0, 0.1) is 18.3 Å². The van der Waals surface area contributed by atoms with Crippen molar-refractivity contribution in [1.29, 1.82) is 0 Å². The van der Waals surface area contributed by atoms with Crippen molar-refractivity contribution >= 4 is 35.0 Å². The molecule has 1 aromatic carbocycles. The van der Waals surface area contributed by atoms with Crippen LogP contribution in [0.15, 0.2) is 29.8 Å². The molecule has 3 amide bonds. The molecular weight excluding hydrogens is 496 g/mol. The maximum absolute atomic E-state index is 13.1. The number of primary amides is 1. The van der Waals surface area contributed by atoms with Crippen molar-refractivity contribution in [3.05, 3.63) is 41.0 Å². The molecule has 1 aliphatic rings. The van der Waals surface area contributed by atoms with Crippen LogP contribution in [-0.2, 0) is 25.7 Å². The number of aliphatic hydroxyl groups excluding tert-OH is 1. The topological polar surface area (TPSA) is 163 Å². The van der Waals surface area contributed by atoms with E-state index in [0.717, 1.165) is 21.7 Å². The van der Waals surface area contributed by atoms with E-state index in [2.05, 4.69) is 10.3 Å². The number of nitrogens with one attached hydrogen (secondary N) is 1. The average Bonchev–Trinajstić information content (AvgIpc) is 3.42. The van der Waals surface area contributed by atoms with Gasteiger partial charge in [-0.3, -0.25) is 19.2 Å². The smallest absolute Gasteiger partial charge is 0.304 e. The van der Waals surface area contributed by atoms with Crippen molar-refractivity contribution in [3.63, 3.8) is 0 Å². The van der Waals surface area contributed by atoms with Crippen molar-refractivity contribution < 1.29 is 29.4 Å². The summed E-state index contributed by atoms with van der Waals surface area (Å²) in [5, 5.41) is 22.1. The predicted octanol–water partition coefficient (Wildman–Crippen LogP) is 2.08. The summed E-state index contributed by atoms with van der Waals surface area (Å²) in [5.74, 6) is -3.48. The summed E-state index contributed by atoms with van der Waals surface area (Å²) in [5.41, 5.74) is 9.33. The summed E-state index contributed by atoms with van der Waals surface area (Å²) >= 11 is 1.57. The van der Waals surface area contributed by atoms with E-state index in [1.54, 1.807) is 30.7 Å². The number of aliphatic hydroxyl groups is 1. The van der Waals surface area contributed by atoms with Gasteiger partial charge in [-0.1, -0.05) is 38.1 Å². The Labute approximate surface area is 219 Å². The third kappa shape index (κ3) is 7.59. The first-order valence-electron chi connectivity index (χ1n) is 12.1. The van der Waals surface area contributed by atoms with Crippen molar-refractivity contribution in [2.75, 3.05) is 6.54 Å². The van der Waals surface area contributed by atoms with Crippen LogP contribution in [0.4, 0.5) is 0 Å². The number of carbonyl (C=O) groups excluding carboxylic acids is 3. The second kappa shape index (κ2) is 11.8. The van der Waals surface area contributed by atoms with E-state index in [1.165, 1.54) is 4.90 Å². The highest BCUT2D eigenvalue weighted by atomic mass is 32.1. The Hall–Kier alpha value is -3.31. The molecule has 1 saturated heterocycles. The fraction of sp³-hybridized carbons (Fsp3) is 0.500. The van der Waals surface area contributed by atoms with Gasteiger partial charge < -0.3 is 26.2 Å². The van der Waals surface area contributed by atoms with Crippen molar-refractivity contribution in [2.45, 2.75) is 65.1 Å². The monoisotopic (exact) mass is 530 g/mol. The number of aryl methyl sites for hydroxylation is 1. The molecule has 37 heavy (non-hydrogen) atoms. The number of nitrogens with two attached hydrogens (primary N) is 1. The Morgan fingerprint density at radius 2 is 1.92 bits per heavy atom. The van der Waals surface area contributed by atoms with Crippen LogP contribution in [-0.4, -0.2) is 62.5 Å². The Kier molecular flexibility index (Phi) is 9.03. The van der Waals surface area contributed by atoms with Gasteiger partial charge in [-0.05, 0) is 29.9 Å². The fourth-order valence-corrected chi connectivity index (χ4v) is 5.54. The van der Waals surface area contributed by atoms with E-state index >= 15 is 0 Å². The molecule has 1 aromatic heterocycles. The zero-order chi connectivity index (χ0) is 27.3. The number of β-amino-alcohol motifs (C(OH)–C–C–N with tert-alkyl or cyclic N) is 1. The van der Waals surface area contributed by atoms with Gasteiger partial charge in [-0.25, -0.2) is 4.98 Å². The number of hydrogen-bond acceptors (Lipinski definition) is 7. The van der Waals surface area contributed by atoms with Gasteiger partial charge in [0.15, 0.2) is 0 Å². The molecule has 0 aliphatic carbocycles. The highest BCUT2D eigenvalue weighted by molar-refractivity contribution is 7.13. The zero-order valence-electron chi connectivity index (χ0n) is 21.3. The summed E-state index contributed by atoms with van der Waals surface area (Å²) in [6.07, 6.45) is -1.01. The first-order valence-corrected chi connectivity index (χ1v) is 13.0. The first-order chi connectivity index (χ1) is 17.4. The number of amides is 3. The van der Waals surface area contributed by atoms with Gasteiger partial charge >= 0.3 is 5.97 Å². The van der Waals surface area contributed by atoms with Gasteiger partial charge in [-0.15, -0.1) is 11.3 Å². The molecule has 5 N–H and O–H groups in total. The fourth-order valence-electron chi connectivity index (χ4n) is 4.73. The maximum Gasteiger partial charge on any atom is 0.304 e. The zero-order valence-corrected chi connectivity index (χ0v) is 22.1. The SMILES string of the molecule is Cc1ncsc1-c1ccc(CNC(=O)[C@@H]2C[C@@H](O)CN2C(=O)CC(C)(C)CC(CC(=O)O)C(N)=O)cc1. The lowest BCUT2D eigenvalue weighted by atomic mass is 9.78. The number of carboxylic acids is 1. The number of carbonyl (C=O) groups is 4.